The number of hydrogen-bond acceptors (Lipinski definition) is 4. The summed E-state index contributed by atoms with van der Waals surface area (Å²) in [5.41, 5.74) is 3.15. The van der Waals surface area contributed by atoms with Crippen molar-refractivity contribution in [3.05, 3.63) is 101 Å². The molecule has 0 fully saturated rings. The molecule has 1 heterocycles. The lowest BCUT2D eigenvalue weighted by Crippen LogP contribution is -2.34. The van der Waals surface area contributed by atoms with Crippen LogP contribution in [-0.4, -0.2) is 24.0 Å². The van der Waals surface area contributed by atoms with Crippen LogP contribution >= 0.6 is 11.6 Å². The maximum Gasteiger partial charge on any atom is 0.333 e. The molecule has 6 heteroatoms. The summed E-state index contributed by atoms with van der Waals surface area (Å²) in [7, 11) is 1.29. The Kier molecular flexibility index (Phi) is 5.96. The van der Waals surface area contributed by atoms with Crippen molar-refractivity contribution < 1.29 is 14.3 Å². The summed E-state index contributed by atoms with van der Waals surface area (Å²) in [6.45, 7) is 0. The number of carbonyl (C=O) groups excluding carboxylic acids is 2. The van der Waals surface area contributed by atoms with Gasteiger partial charge in [-0.25, -0.2) is 9.78 Å². The number of pyridine rings is 1. The second-order valence-corrected chi connectivity index (χ2v) is 7.36. The van der Waals surface area contributed by atoms with Crippen molar-refractivity contribution in [3.63, 3.8) is 0 Å². The molecule has 4 rings (SSSR count). The van der Waals surface area contributed by atoms with Gasteiger partial charge in [0.1, 0.15) is 0 Å². The Morgan fingerprint density at radius 3 is 2.29 bits per heavy atom. The van der Waals surface area contributed by atoms with E-state index in [1.54, 1.807) is 48.5 Å². The van der Waals surface area contributed by atoms with E-state index in [4.69, 9.17) is 16.3 Å². The third kappa shape index (κ3) is 4.42. The molecular weight excluding hydrogens is 412 g/mol. The van der Waals surface area contributed by atoms with Gasteiger partial charge in [-0.05, 0) is 29.8 Å². The number of rotatable bonds is 5. The maximum atomic E-state index is 13.4. The molecule has 31 heavy (non-hydrogen) atoms. The zero-order chi connectivity index (χ0) is 21.8. The van der Waals surface area contributed by atoms with E-state index in [1.807, 2.05) is 36.4 Å². The Balaban J connectivity index is 1.80. The van der Waals surface area contributed by atoms with E-state index in [2.05, 4.69) is 10.3 Å². The Hall–Kier alpha value is -3.70. The highest BCUT2D eigenvalue weighted by atomic mass is 35.5. The number of fused-ring (bicyclic) bond motifs is 1. The first-order valence-corrected chi connectivity index (χ1v) is 10.0. The van der Waals surface area contributed by atoms with Gasteiger partial charge >= 0.3 is 5.97 Å². The summed E-state index contributed by atoms with van der Waals surface area (Å²) in [6, 6.07) is 24.5. The molecular formula is C25H19ClN2O3. The zero-order valence-corrected chi connectivity index (χ0v) is 17.5. The van der Waals surface area contributed by atoms with Gasteiger partial charge in [0.25, 0.3) is 5.91 Å². The summed E-state index contributed by atoms with van der Waals surface area (Å²) in [5, 5.41) is 3.89. The fourth-order valence-electron chi connectivity index (χ4n) is 3.39. The van der Waals surface area contributed by atoms with Crippen molar-refractivity contribution in [1.29, 1.82) is 0 Å². The van der Waals surface area contributed by atoms with Crippen LogP contribution in [0.15, 0.2) is 84.9 Å². The average Bonchev–Trinajstić information content (AvgIpc) is 2.82. The first-order valence-electron chi connectivity index (χ1n) is 9.66. The van der Waals surface area contributed by atoms with Crippen molar-refractivity contribution in [2.24, 2.45) is 0 Å². The molecule has 0 aliphatic carbocycles. The number of nitrogens with one attached hydrogen (secondary N) is 1. The number of aromatic nitrogens is 1. The van der Waals surface area contributed by atoms with Crippen LogP contribution in [0.1, 0.15) is 22.0 Å². The molecule has 0 radical (unpaired) electrons. The minimum Gasteiger partial charge on any atom is -0.467 e. The fraction of sp³-hybridized carbons (Fsp3) is 0.0800. The number of amides is 1. The largest absolute Gasteiger partial charge is 0.467 e. The zero-order valence-electron chi connectivity index (χ0n) is 16.7. The lowest BCUT2D eigenvalue weighted by Gasteiger charge is -2.18. The van der Waals surface area contributed by atoms with E-state index >= 15 is 0 Å². The van der Waals surface area contributed by atoms with Crippen LogP contribution in [0.2, 0.25) is 5.02 Å². The lowest BCUT2D eigenvalue weighted by molar-refractivity contribution is -0.143. The number of nitrogens with zero attached hydrogens (tertiary/aromatic N) is 1. The number of ether oxygens (including phenoxy) is 1. The van der Waals surface area contributed by atoms with Crippen LogP contribution in [0.5, 0.6) is 0 Å². The number of methoxy groups -OCH3 is 1. The predicted octanol–water partition coefficient (Wildman–Crippen LogP) is 5.20. The summed E-state index contributed by atoms with van der Waals surface area (Å²) in [5.74, 6) is -0.981. The monoisotopic (exact) mass is 430 g/mol. The number of benzene rings is 3. The molecule has 3 aromatic carbocycles. The van der Waals surface area contributed by atoms with Crippen molar-refractivity contribution >= 4 is 34.4 Å². The normalized spacial score (nSPS) is 11.7. The fourth-order valence-corrected chi connectivity index (χ4v) is 3.57. The first-order chi connectivity index (χ1) is 15.1. The number of halogens is 1. The van der Waals surface area contributed by atoms with E-state index < -0.39 is 17.9 Å². The van der Waals surface area contributed by atoms with Gasteiger partial charge in [0, 0.05) is 16.0 Å². The minimum atomic E-state index is -0.943. The molecule has 0 aliphatic heterocycles. The molecule has 154 valence electrons. The van der Waals surface area contributed by atoms with Gasteiger partial charge in [0.2, 0.25) is 0 Å². The van der Waals surface area contributed by atoms with Gasteiger partial charge in [-0.1, -0.05) is 72.3 Å². The van der Waals surface area contributed by atoms with E-state index in [1.165, 1.54) is 7.11 Å². The van der Waals surface area contributed by atoms with Gasteiger partial charge in [0.05, 0.1) is 23.9 Å². The lowest BCUT2D eigenvalue weighted by atomic mass is 10.0. The SMILES string of the molecule is COC(=O)C(NC(=O)c1cc(-c2ccccc2)nc2ccc(Cl)cc12)c1ccccc1. The quantitative estimate of drug-likeness (QED) is 0.442. The highest BCUT2D eigenvalue weighted by molar-refractivity contribution is 6.31. The predicted molar refractivity (Wildman–Crippen MR) is 121 cm³/mol. The molecule has 0 saturated carbocycles. The van der Waals surface area contributed by atoms with Gasteiger partial charge in [-0.3, -0.25) is 4.79 Å². The van der Waals surface area contributed by atoms with Crippen molar-refractivity contribution in [3.8, 4) is 11.3 Å². The van der Waals surface area contributed by atoms with Gasteiger partial charge in [-0.15, -0.1) is 0 Å². The Morgan fingerprint density at radius 2 is 1.61 bits per heavy atom. The molecule has 5 nitrogen and oxygen atoms in total. The molecule has 4 aromatic rings. The number of carbonyl (C=O) groups is 2. The van der Waals surface area contributed by atoms with Crippen LogP contribution < -0.4 is 5.32 Å². The molecule has 0 bridgehead atoms. The summed E-state index contributed by atoms with van der Waals surface area (Å²) >= 11 is 6.19. The van der Waals surface area contributed by atoms with Crippen LogP contribution in [0.3, 0.4) is 0 Å². The molecule has 0 spiro atoms. The van der Waals surface area contributed by atoms with E-state index in [9.17, 15) is 9.59 Å². The van der Waals surface area contributed by atoms with Crippen LogP contribution in [0.4, 0.5) is 0 Å². The second kappa shape index (κ2) is 8.98. The van der Waals surface area contributed by atoms with Gasteiger partial charge < -0.3 is 10.1 Å². The Labute approximate surface area is 184 Å². The van der Waals surface area contributed by atoms with E-state index in [0.29, 0.717) is 32.7 Å². The standard InChI is InChI=1S/C25H19ClN2O3/c1-31-25(30)23(17-10-6-3-7-11-17)28-24(29)20-15-22(16-8-4-2-5-9-16)27-21-13-12-18(26)14-19(20)21/h2-15,23H,1H3,(H,28,29). The summed E-state index contributed by atoms with van der Waals surface area (Å²) in [4.78, 5) is 30.5. The molecule has 0 aliphatic rings. The number of esters is 1. The van der Waals surface area contributed by atoms with Gasteiger partial charge in [0.15, 0.2) is 6.04 Å². The molecule has 1 aromatic heterocycles. The maximum absolute atomic E-state index is 13.4. The van der Waals surface area contributed by atoms with Crippen molar-refractivity contribution in [2.45, 2.75) is 6.04 Å². The minimum absolute atomic E-state index is 0.371. The van der Waals surface area contributed by atoms with Crippen LogP contribution in [0.25, 0.3) is 22.2 Å². The first kappa shape index (κ1) is 20.6. The van der Waals surface area contributed by atoms with Crippen molar-refractivity contribution in [2.75, 3.05) is 7.11 Å². The molecule has 0 saturated heterocycles. The molecule has 1 N–H and O–H groups in total. The topological polar surface area (TPSA) is 68.3 Å². The van der Waals surface area contributed by atoms with Crippen LogP contribution in [-0.2, 0) is 9.53 Å². The van der Waals surface area contributed by atoms with Crippen LogP contribution in [0, 0.1) is 0 Å². The van der Waals surface area contributed by atoms with Crippen molar-refractivity contribution in [1.82, 2.24) is 10.3 Å². The Bertz CT molecular complexity index is 1240. The third-order valence-electron chi connectivity index (χ3n) is 4.93. The Morgan fingerprint density at radius 1 is 0.935 bits per heavy atom. The smallest absolute Gasteiger partial charge is 0.333 e. The van der Waals surface area contributed by atoms with E-state index in [0.717, 1.165) is 5.56 Å². The highest BCUT2D eigenvalue weighted by Gasteiger charge is 2.25. The number of hydrogen-bond donors (Lipinski definition) is 1. The summed E-state index contributed by atoms with van der Waals surface area (Å²) < 4.78 is 4.92. The van der Waals surface area contributed by atoms with Gasteiger partial charge in [-0.2, -0.15) is 0 Å². The second-order valence-electron chi connectivity index (χ2n) is 6.92. The molecule has 1 amide bonds. The summed E-state index contributed by atoms with van der Waals surface area (Å²) in [6.07, 6.45) is 0. The third-order valence-corrected chi connectivity index (χ3v) is 5.17. The highest BCUT2D eigenvalue weighted by Crippen LogP contribution is 2.28. The van der Waals surface area contributed by atoms with E-state index in [-0.39, 0.29) is 0 Å². The molecule has 1 atom stereocenters. The molecule has 1 unspecified atom stereocenters. The average molecular weight is 431 g/mol.